The van der Waals surface area contributed by atoms with Crippen LogP contribution in [-0.4, -0.2) is 17.0 Å². The lowest BCUT2D eigenvalue weighted by molar-refractivity contribution is 0.475. The molecule has 3 N–H and O–H groups in total. The van der Waals surface area contributed by atoms with Gasteiger partial charge in [-0.2, -0.15) is 4.98 Å². The molecule has 2 heterocycles. The van der Waals surface area contributed by atoms with E-state index in [9.17, 15) is 4.79 Å². The van der Waals surface area contributed by atoms with Gasteiger partial charge in [-0.05, 0) is 18.2 Å². The van der Waals surface area contributed by atoms with Crippen LogP contribution in [0, 0.1) is 0 Å². The molecule has 1 aromatic heterocycles. The summed E-state index contributed by atoms with van der Waals surface area (Å²) >= 11 is 0. The van der Waals surface area contributed by atoms with E-state index in [0.717, 1.165) is 11.4 Å². The Kier molecular flexibility index (Phi) is 2.01. The van der Waals surface area contributed by atoms with Crippen molar-refractivity contribution in [3.63, 3.8) is 0 Å². The molecule has 0 unspecified atom stereocenters. The lowest BCUT2D eigenvalue weighted by atomic mass is 10.2. The van der Waals surface area contributed by atoms with Gasteiger partial charge in [0.05, 0.1) is 11.9 Å². The van der Waals surface area contributed by atoms with E-state index in [-0.39, 0.29) is 0 Å². The number of ether oxygens (including phenoxy) is 1. The third kappa shape index (κ3) is 1.59. The van der Waals surface area contributed by atoms with Crippen LogP contribution >= 0.6 is 0 Å². The average molecular weight is 230 g/mol. The van der Waals surface area contributed by atoms with E-state index in [1.807, 2.05) is 25.2 Å². The Morgan fingerprint density at radius 3 is 3.06 bits per heavy atom. The van der Waals surface area contributed by atoms with E-state index >= 15 is 0 Å². The minimum Gasteiger partial charge on any atom is -0.450 e. The molecule has 0 radical (unpaired) electrons. The summed E-state index contributed by atoms with van der Waals surface area (Å²) in [5.41, 5.74) is 1.32. The number of nitrogens with zero attached hydrogens (tertiary/aromatic N) is 1. The highest BCUT2D eigenvalue weighted by molar-refractivity contribution is 5.75. The van der Waals surface area contributed by atoms with Crippen LogP contribution in [-0.2, 0) is 0 Å². The first kappa shape index (κ1) is 9.71. The van der Waals surface area contributed by atoms with E-state index < -0.39 is 5.69 Å². The summed E-state index contributed by atoms with van der Waals surface area (Å²) in [5.74, 6) is 1.63. The van der Waals surface area contributed by atoms with Crippen LogP contribution in [0.3, 0.4) is 0 Å². The van der Waals surface area contributed by atoms with Crippen molar-refractivity contribution in [1.82, 2.24) is 9.97 Å². The number of benzene rings is 1. The molecule has 0 saturated carbocycles. The van der Waals surface area contributed by atoms with Gasteiger partial charge < -0.3 is 20.4 Å². The fourth-order valence-electron chi connectivity index (χ4n) is 1.67. The Morgan fingerprint density at radius 1 is 1.35 bits per heavy atom. The fourth-order valence-corrected chi connectivity index (χ4v) is 1.67. The quantitative estimate of drug-likeness (QED) is 0.592. The van der Waals surface area contributed by atoms with Crippen molar-refractivity contribution in [3.05, 3.63) is 34.9 Å². The van der Waals surface area contributed by atoms with Crippen molar-refractivity contribution in [2.45, 2.75) is 0 Å². The number of aromatic amines is 1. The van der Waals surface area contributed by atoms with E-state index in [1.165, 1.54) is 6.20 Å². The average Bonchev–Trinajstić information content (AvgIpc) is 2.35. The molecule has 0 fully saturated rings. The van der Waals surface area contributed by atoms with Gasteiger partial charge in [-0.1, -0.05) is 0 Å². The summed E-state index contributed by atoms with van der Waals surface area (Å²) in [4.78, 5) is 17.4. The number of anilines is 3. The number of rotatable bonds is 1. The zero-order valence-electron chi connectivity index (χ0n) is 9.07. The molecule has 86 valence electrons. The number of aromatic nitrogens is 2. The highest BCUT2D eigenvalue weighted by Crippen LogP contribution is 2.40. The molecule has 0 bridgehead atoms. The molecular formula is C11H10N4O2. The van der Waals surface area contributed by atoms with Crippen LogP contribution in [0.25, 0.3) is 0 Å². The molecule has 17 heavy (non-hydrogen) atoms. The first-order chi connectivity index (χ1) is 8.26. The van der Waals surface area contributed by atoms with Crippen molar-refractivity contribution in [2.75, 3.05) is 17.7 Å². The van der Waals surface area contributed by atoms with Gasteiger partial charge >= 0.3 is 5.69 Å². The van der Waals surface area contributed by atoms with Gasteiger partial charge in [0, 0.05) is 12.7 Å². The molecule has 0 atom stereocenters. The molecular weight excluding hydrogens is 220 g/mol. The maximum absolute atomic E-state index is 11.1. The summed E-state index contributed by atoms with van der Waals surface area (Å²) in [5, 5.41) is 6.09. The monoisotopic (exact) mass is 230 g/mol. The second kappa shape index (κ2) is 3.51. The Labute approximate surface area is 96.7 Å². The van der Waals surface area contributed by atoms with Gasteiger partial charge in [-0.25, -0.2) is 4.79 Å². The molecule has 1 aromatic carbocycles. The lowest BCUT2D eigenvalue weighted by Crippen LogP contribution is -2.15. The van der Waals surface area contributed by atoms with Crippen molar-refractivity contribution >= 4 is 17.2 Å². The Hall–Kier alpha value is -2.50. The molecule has 0 amide bonds. The third-order valence-electron chi connectivity index (χ3n) is 2.51. The van der Waals surface area contributed by atoms with E-state index in [0.29, 0.717) is 17.3 Å². The number of hydrogen-bond acceptors (Lipinski definition) is 5. The van der Waals surface area contributed by atoms with E-state index in [4.69, 9.17) is 4.74 Å². The molecule has 2 aromatic rings. The van der Waals surface area contributed by atoms with Gasteiger partial charge in [0.1, 0.15) is 0 Å². The molecule has 6 heteroatoms. The van der Waals surface area contributed by atoms with Crippen LogP contribution in [0.4, 0.5) is 17.2 Å². The minimum absolute atomic E-state index is 0.409. The number of hydrogen-bond donors (Lipinski definition) is 3. The molecule has 0 saturated heterocycles. The summed E-state index contributed by atoms with van der Waals surface area (Å²) in [7, 11) is 1.84. The van der Waals surface area contributed by atoms with Gasteiger partial charge in [-0.15, -0.1) is 0 Å². The predicted octanol–water partition coefficient (Wildman–Crippen LogP) is 1.66. The Balaban J connectivity index is 2.08. The zero-order chi connectivity index (χ0) is 11.8. The number of fused-ring (bicyclic) bond motifs is 2. The van der Waals surface area contributed by atoms with E-state index in [1.54, 1.807) is 0 Å². The smallest absolute Gasteiger partial charge is 0.347 e. The van der Waals surface area contributed by atoms with Crippen LogP contribution in [0.2, 0.25) is 0 Å². The third-order valence-corrected chi connectivity index (χ3v) is 2.51. The van der Waals surface area contributed by atoms with Crippen LogP contribution in [0.15, 0.2) is 29.2 Å². The Bertz CT molecular complexity index is 636. The number of H-pyrrole nitrogens is 1. The van der Waals surface area contributed by atoms with Gasteiger partial charge in [0.25, 0.3) is 0 Å². The SMILES string of the molecule is CNc1ccc2c(c1)Nc1nc(=O)[nH]cc1O2. The largest absolute Gasteiger partial charge is 0.450 e. The van der Waals surface area contributed by atoms with Crippen molar-refractivity contribution in [2.24, 2.45) is 0 Å². The molecule has 1 aliphatic heterocycles. The molecule has 6 nitrogen and oxygen atoms in total. The van der Waals surface area contributed by atoms with Gasteiger partial charge in [0.2, 0.25) is 0 Å². The first-order valence-electron chi connectivity index (χ1n) is 5.12. The van der Waals surface area contributed by atoms with Gasteiger partial charge in [0.15, 0.2) is 17.3 Å². The fraction of sp³-hybridized carbons (Fsp3) is 0.0909. The summed E-state index contributed by atoms with van der Waals surface area (Å²) in [6.45, 7) is 0. The van der Waals surface area contributed by atoms with E-state index in [2.05, 4.69) is 20.6 Å². The maximum Gasteiger partial charge on any atom is 0.347 e. The molecule has 1 aliphatic rings. The van der Waals surface area contributed by atoms with Gasteiger partial charge in [-0.3, -0.25) is 0 Å². The molecule has 0 spiro atoms. The summed E-state index contributed by atoms with van der Waals surface area (Å²) in [6, 6.07) is 5.65. The number of nitrogens with one attached hydrogen (secondary N) is 3. The minimum atomic E-state index is -0.409. The second-order valence-corrected chi connectivity index (χ2v) is 3.61. The second-order valence-electron chi connectivity index (χ2n) is 3.61. The zero-order valence-corrected chi connectivity index (χ0v) is 9.07. The molecule has 0 aliphatic carbocycles. The van der Waals surface area contributed by atoms with Crippen molar-refractivity contribution in [3.8, 4) is 11.5 Å². The van der Waals surface area contributed by atoms with Crippen LogP contribution in [0.5, 0.6) is 11.5 Å². The topological polar surface area (TPSA) is 79.0 Å². The van der Waals surface area contributed by atoms with Crippen LogP contribution in [0.1, 0.15) is 0 Å². The van der Waals surface area contributed by atoms with Crippen molar-refractivity contribution in [1.29, 1.82) is 0 Å². The lowest BCUT2D eigenvalue weighted by Gasteiger charge is -2.20. The highest BCUT2D eigenvalue weighted by Gasteiger charge is 2.18. The summed E-state index contributed by atoms with van der Waals surface area (Å²) < 4.78 is 5.61. The molecule has 3 rings (SSSR count). The van der Waals surface area contributed by atoms with Crippen molar-refractivity contribution < 1.29 is 4.74 Å². The standard InChI is InChI=1S/C11H10N4O2/c1-12-6-2-3-8-7(4-6)14-10-9(17-8)5-13-11(16)15-10/h2-5,12H,1H3,(H2,13,14,15,16). The van der Waals surface area contributed by atoms with Crippen LogP contribution < -0.4 is 21.1 Å². The Morgan fingerprint density at radius 2 is 2.24 bits per heavy atom. The maximum atomic E-state index is 11.1. The first-order valence-corrected chi connectivity index (χ1v) is 5.12. The summed E-state index contributed by atoms with van der Waals surface area (Å²) in [6.07, 6.45) is 1.49. The predicted molar refractivity (Wildman–Crippen MR) is 64.2 cm³/mol. The highest BCUT2D eigenvalue weighted by atomic mass is 16.5. The normalized spacial score (nSPS) is 11.8.